The third kappa shape index (κ3) is 3.05. The molecule has 0 saturated carbocycles. The van der Waals surface area contributed by atoms with Crippen molar-refractivity contribution in [2.45, 2.75) is 31.2 Å². The van der Waals surface area contributed by atoms with Crippen LogP contribution >= 0.6 is 11.6 Å². The molecule has 2 heterocycles. The van der Waals surface area contributed by atoms with Gasteiger partial charge < -0.3 is 9.47 Å². The maximum absolute atomic E-state index is 5.98. The second-order valence-corrected chi connectivity index (χ2v) is 5.33. The van der Waals surface area contributed by atoms with Crippen LogP contribution < -0.4 is 4.74 Å². The van der Waals surface area contributed by atoms with Gasteiger partial charge in [-0.15, -0.1) is 11.6 Å². The Balaban J connectivity index is 1.81. The van der Waals surface area contributed by atoms with Crippen molar-refractivity contribution in [3.05, 3.63) is 36.0 Å². The Kier molecular flexibility index (Phi) is 4.38. The van der Waals surface area contributed by atoms with E-state index in [0.717, 1.165) is 41.8 Å². The van der Waals surface area contributed by atoms with Gasteiger partial charge in [0.2, 0.25) is 0 Å². The van der Waals surface area contributed by atoms with Crippen molar-refractivity contribution in [1.29, 1.82) is 0 Å². The molecule has 20 heavy (non-hydrogen) atoms. The molecule has 0 amide bonds. The molecular formula is C16H18ClNO2. The molecule has 0 spiro atoms. The molecule has 1 unspecified atom stereocenters. The zero-order chi connectivity index (χ0) is 13.8. The van der Waals surface area contributed by atoms with Crippen LogP contribution in [0.2, 0.25) is 0 Å². The van der Waals surface area contributed by atoms with Crippen molar-refractivity contribution >= 4 is 22.5 Å². The van der Waals surface area contributed by atoms with Crippen LogP contribution in [0.25, 0.3) is 10.9 Å². The van der Waals surface area contributed by atoms with Crippen molar-refractivity contribution in [3.8, 4) is 5.75 Å². The van der Waals surface area contributed by atoms with Gasteiger partial charge in [-0.25, -0.2) is 0 Å². The Bertz CT molecular complexity index is 582. The second kappa shape index (κ2) is 6.42. The molecule has 106 valence electrons. The minimum atomic E-state index is 0.204. The Morgan fingerprint density at radius 1 is 1.30 bits per heavy atom. The topological polar surface area (TPSA) is 31.4 Å². The minimum absolute atomic E-state index is 0.204. The highest BCUT2D eigenvalue weighted by atomic mass is 35.5. The first-order valence-corrected chi connectivity index (χ1v) is 7.59. The quantitative estimate of drug-likeness (QED) is 0.800. The number of hydrogen-bond donors (Lipinski definition) is 0. The number of rotatable bonds is 4. The van der Waals surface area contributed by atoms with Crippen molar-refractivity contribution < 1.29 is 9.47 Å². The number of para-hydroxylation sites is 1. The number of aromatic nitrogens is 1. The molecule has 3 nitrogen and oxygen atoms in total. The third-order valence-corrected chi connectivity index (χ3v) is 3.84. The van der Waals surface area contributed by atoms with Gasteiger partial charge in [0.15, 0.2) is 0 Å². The smallest absolute Gasteiger partial charge is 0.130 e. The molecular weight excluding hydrogens is 274 g/mol. The molecule has 4 heteroatoms. The van der Waals surface area contributed by atoms with Gasteiger partial charge in [0.25, 0.3) is 0 Å². The predicted molar refractivity (Wildman–Crippen MR) is 80.4 cm³/mol. The Morgan fingerprint density at radius 3 is 3.00 bits per heavy atom. The summed E-state index contributed by atoms with van der Waals surface area (Å²) < 4.78 is 11.7. The number of nitrogens with zero attached hydrogens (tertiary/aromatic N) is 1. The highest BCUT2D eigenvalue weighted by molar-refractivity contribution is 6.17. The molecule has 1 aliphatic heterocycles. The summed E-state index contributed by atoms with van der Waals surface area (Å²) in [6, 6.07) is 9.90. The lowest BCUT2D eigenvalue weighted by molar-refractivity contribution is -0.0107. The molecule has 0 aliphatic carbocycles. The highest BCUT2D eigenvalue weighted by Crippen LogP contribution is 2.26. The fraction of sp³-hybridized carbons (Fsp3) is 0.438. The van der Waals surface area contributed by atoms with E-state index in [4.69, 9.17) is 21.1 Å². The largest absolute Gasteiger partial charge is 0.490 e. The Morgan fingerprint density at radius 2 is 2.20 bits per heavy atom. The SMILES string of the molecule is ClCc1cc(OCC2CCCCO2)c2ccccc2n1. The monoisotopic (exact) mass is 291 g/mol. The summed E-state index contributed by atoms with van der Waals surface area (Å²) in [6.45, 7) is 1.44. The lowest BCUT2D eigenvalue weighted by atomic mass is 10.1. The van der Waals surface area contributed by atoms with Crippen molar-refractivity contribution in [3.63, 3.8) is 0 Å². The van der Waals surface area contributed by atoms with Crippen LogP contribution in [0.4, 0.5) is 0 Å². The first kappa shape index (κ1) is 13.7. The van der Waals surface area contributed by atoms with Crippen LogP contribution in [0.1, 0.15) is 25.0 Å². The molecule has 1 fully saturated rings. The molecule has 1 aliphatic rings. The van der Waals surface area contributed by atoms with Gasteiger partial charge in [-0.1, -0.05) is 12.1 Å². The Hall–Kier alpha value is -1.32. The average molecular weight is 292 g/mol. The van der Waals surface area contributed by atoms with Gasteiger partial charge in [-0.3, -0.25) is 4.98 Å². The first-order valence-electron chi connectivity index (χ1n) is 7.06. The minimum Gasteiger partial charge on any atom is -0.490 e. The van der Waals surface area contributed by atoms with E-state index in [1.807, 2.05) is 30.3 Å². The third-order valence-electron chi connectivity index (χ3n) is 3.57. The molecule has 0 N–H and O–H groups in total. The van der Waals surface area contributed by atoms with Crippen LogP contribution in [-0.2, 0) is 10.6 Å². The lowest BCUT2D eigenvalue weighted by Crippen LogP contribution is -2.25. The number of pyridine rings is 1. The zero-order valence-corrected chi connectivity index (χ0v) is 12.1. The summed E-state index contributed by atoms with van der Waals surface area (Å²) in [5.74, 6) is 1.24. The van der Waals surface area contributed by atoms with E-state index in [1.54, 1.807) is 0 Å². The summed E-state index contributed by atoms with van der Waals surface area (Å²) in [5, 5.41) is 1.03. The zero-order valence-electron chi connectivity index (χ0n) is 11.3. The van der Waals surface area contributed by atoms with Crippen molar-refractivity contribution in [2.75, 3.05) is 13.2 Å². The molecule has 1 aromatic carbocycles. The van der Waals surface area contributed by atoms with Crippen LogP contribution in [0, 0.1) is 0 Å². The van der Waals surface area contributed by atoms with Gasteiger partial charge in [0.1, 0.15) is 12.4 Å². The molecule has 2 aromatic rings. The number of alkyl halides is 1. The molecule has 1 saturated heterocycles. The fourth-order valence-electron chi connectivity index (χ4n) is 2.51. The Labute approximate surface area is 123 Å². The molecule has 0 radical (unpaired) electrons. The van der Waals surface area contributed by atoms with E-state index in [9.17, 15) is 0 Å². The van der Waals surface area contributed by atoms with E-state index < -0.39 is 0 Å². The maximum Gasteiger partial charge on any atom is 0.130 e. The van der Waals surface area contributed by atoms with Crippen molar-refractivity contribution in [1.82, 2.24) is 4.98 Å². The summed E-state index contributed by atoms with van der Waals surface area (Å²) in [4.78, 5) is 4.51. The highest BCUT2D eigenvalue weighted by Gasteiger charge is 2.15. The first-order chi connectivity index (χ1) is 9.86. The summed E-state index contributed by atoms with van der Waals surface area (Å²) in [5.41, 5.74) is 1.76. The molecule has 1 aromatic heterocycles. The molecule has 1 atom stereocenters. The van der Waals surface area contributed by atoms with Gasteiger partial charge in [0.05, 0.1) is 23.2 Å². The number of hydrogen-bond acceptors (Lipinski definition) is 3. The van der Waals surface area contributed by atoms with Gasteiger partial charge in [-0.2, -0.15) is 0 Å². The summed E-state index contributed by atoms with van der Waals surface area (Å²) >= 11 is 5.91. The fourth-order valence-corrected chi connectivity index (χ4v) is 2.64. The van der Waals surface area contributed by atoms with Crippen LogP contribution in [0.3, 0.4) is 0 Å². The lowest BCUT2D eigenvalue weighted by Gasteiger charge is -2.23. The number of benzene rings is 1. The van der Waals surface area contributed by atoms with Crippen LogP contribution in [0.5, 0.6) is 5.75 Å². The second-order valence-electron chi connectivity index (χ2n) is 5.06. The van der Waals surface area contributed by atoms with E-state index in [1.165, 1.54) is 6.42 Å². The predicted octanol–water partition coefficient (Wildman–Crippen LogP) is 3.92. The molecule has 0 bridgehead atoms. The standard InChI is InChI=1S/C16H18ClNO2/c17-10-12-9-16(14-6-1-2-7-15(14)18-12)20-11-13-5-3-4-8-19-13/h1-2,6-7,9,13H,3-5,8,10-11H2. The van der Waals surface area contributed by atoms with Gasteiger partial charge in [-0.05, 0) is 31.4 Å². The maximum atomic E-state index is 5.98. The van der Waals surface area contributed by atoms with Crippen molar-refractivity contribution in [2.24, 2.45) is 0 Å². The van der Waals surface area contributed by atoms with Gasteiger partial charge >= 0.3 is 0 Å². The summed E-state index contributed by atoms with van der Waals surface area (Å²) in [7, 11) is 0. The number of fused-ring (bicyclic) bond motifs is 1. The number of ether oxygens (including phenoxy) is 2. The van der Waals surface area contributed by atoms with E-state index >= 15 is 0 Å². The number of halogens is 1. The van der Waals surface area contributed by atoms with E-state index in [-0.39, 0.29) is 6.10 Å². The van der Waals surface area contributed by atoms with Crippen LogP contribution in [-0.4, -0.2) is 24.3 Å². The van der Waals surface area contributed by atoms with E-state index in [2.05, 4.69) is 4.98 Å². The van der Waals surface area contributed by atoms with Gasteiger partial charge in [0, 0.05) is 18.1 Å². The normalized spacial score (nSPS) is 19.1. The average Bonchev–Trinajstić information content (AvgIpc) is 2.53. The van der Waals surface area contributed by atoms with Crippen LogP contribution in [0.15, 0.2) is 30.3 Å². The van der Waals surface area contributed by atoms with E-state index in [0.29, 0.717) is 12.5 Å². The molecule has 3 rings (SSSR count). The summed E-state index contributed by atoms with van der Waals surface area (Å²) in [6.07, 6.45) is 3.66.